The molecular weight excluding hydrogens is 437 g/mol. The van der Waals surface area contributed by atoms with Gasteiger partial charge in [-0.1, -0.05) is 30.7 Å². The van der Waals surface area contributed by atoms with Gasteiger partial charge in [0.1, 0.15) is 5.82 Å². The topological polar surface area (TPSA) is 56.6 Å². The molecule has 0 saturated carbocycles. The van der Waals surface area contributed by atoms with Crippen LogP contribution < -0.4 is 5.46 Å². The largest absolute Gasteiger partial charge is 0.497 e. The predicted molar refractivity (Wildman–Crippen MR) is 134 cm³/mol. The van der Waals surface area contributed by atoms with Crippen molar-refractivity contribution in [1.29, 1.82) is 0 Å². The Morgan fingerprint density at radius 1 is 1.15 bits per heavy atom. The lowest BCUT2D eigenvalue weighted by atomic mass is 9.76. The Morgan fingerprint density at radius 2 is 1.82 bits per heavy atom. The molecule has 1 unspecified atom stereocenters. The molecule has 0 bridgehead atoms. The van der Waals surface area contributed by atoms with E-state index in [4.69, 9.17) is 25.9 Å². The van der Waals surface area contributed by atoms with Gasteiger partial charge in [-0.25, -0.2) is 4.98 Å². The summed E-state index contributed by atoms with van der Waals surface area (Å²) in [6.07, 6.45) is 1.72. The quantitative estimate of drug-likeness (QED) is 0.385. The molecule has 0 aliphatic carbocycles. The number of para-hydroxylation sites is 1. The Hall–Kier alpha value is -2.19. The maximum Gasteiger partial charge on any atom is 0.497 e. The van der Waals surface area contributed by atoms with Gasteiger partial charge in [-0.2, -0.15) is 0 Å². The Morgan fingerprint density at radius 3 is 2.39 bits per heavy atom. The molecule has 1 atom stereocenters. The molecule has 33 heavy (non-hydrogen) atoms. The highest BCUT2D eigenvalue weighted by molar-refractivity contribution is 6.63. The van der Waals surface area contributed by atoms with Crippen LogP contribution in [0.15, 0.2) is 36.4 Å². The van der Waals surface area contributed by atoms with Crippen LogP contribution in [0.3, 0.4) is 0 Å². The molecule has 0 radical (unpaired) electrons. The second-order valence-corrected chi connectivity index (χ2v) is 10.3. The number of hydrogen-bond acceptors (Lipinski definition) is 5. The van der Waals surface area contributed by atoms with Gasteiger partial charge < -0.3 is 9.31 Å². The number of carbonyl (C=O) groups excluding carboxylic acids is 1. The molecule has 174 valence electrons. The van der Waals surface area contributed by atoms with Crippen molar-refractivity contribution >= 4 is 41.5 Å². The molecule has 0 N–H and O–H groups in total. The summed E-state index contributed by atoms with van der Waals surface area (Å²) in [7, 11) is 3.44. The minimum atomic E-state index is -0.631. The summed E-state index contributed by atoms with van der Waals surface area (Å²) in [5, 5.41) is 0.605. The number of fused-ring (bicyclic) bond motifs is 1. The van der Waals surface area contributed by atoms with E-state index in [0.717, 1.165) is 35.0 Å². The van der Waals surface area contributed by atoms with E-state index in [1.807, 2.05) is 78.2 Å². The average molecular weight is 468 g/mol. The number of aromatic nitrogens is 2. The summed E-state index contributed by atoms with van der Waals surface area (Å²) in [5.74, 6) is 0.840. The monoisotopic (exact) mass is 467 g/mol. The Labute approximate surface area is 201 Å². The number of hydrogen-bond donors (Lipinski definition) is 0. The van der Waals surface area contributed by atoms with E-state index in [1.54, 1.807) is 0 Å². The fraction of sp³-hybridized carbons (Fsp3) is 0.440. The third-order valence-electron chi connectivity index (χ3n) is 6.91. The third kappa shape index (κ3) is 4.01. The maximum atomic E-state index is 12.3. The molecule has 1 aliphatic rings. The lowest BCUT2D eigenvalue weighted by Crippen LogP contribution is -2.41. The summed E-state index contributed by atoms with van der Waals surface area (Å²) < 4.78 is 14.8. The maximum absolute atomic E-state index is 12.3. The van der Waals surface area contributed by atoms with E-state index in [0.29, 0.717) is 16.3 Å². The van der Waals surface area contributed by atoms with Crippen LogP contribution in [-0.4, -0.2) is 53.2 Å². The summed E-state index contributed by atoms with van der Waals surface area (Å²) in [6, 6.07) is 11.3. The summed E-state index contributed by atoms with van der Waals surface area (Å²) in [6.45, 7) is 10.2. The van der Waals surface area contributed by atoms with Gasteiger partial charge in [-0.3, -0.25) is 14.3 Å². The molecule has 0 amide bonds. The van der Waals surface area contributed by atoms with Gasteiger partial charge in [0.25, 0.3) is 0 Å². The highest BCUT2D eigenvalue weighted by Gasteiger charge is 2.52. The van der Waals surface area contributed by atoms with Crippen molar-refractivity contribution < 1.29 is 14.1 Å². The molecule has 0 spiro atoms. The number of halogens is 1. The van der Waals surface area contributed by atoms with Gasteiger partial charge >= 0.3 is 7.12 Å². The molecule has 6 nitrogen and oxygen atoms in total. The van der Waals surface area contributed by atoms with E-state index in [9.17, 15) is 4.79 Å². The second-order valence-electron chi connectivity index (χ2n) is 9.82. The molecule has 1 aromatic heterocycles. The first-order valence-electron chi connectivity index (χ1n) is 11.3. The minimum absolute atomic E-state index is 0.0297. The zero-order valence-corrected chi connectivity index (χ0v) is 21.1. The fourth-order valence-electron chi connectivity index (χ4n) is 4.40. The summed E-state index contributed by atoms with van der Waals surface area (Å²) in [4.78, 5) is 19.4. The number of aldehydes is 1. The van der Waals surface area contributed by atoms with Gasteiger partial charge in [0, 0.05) is 16.0 Å². The smallest absolute Gasteiger partial charge is 0.399 e. The second kappa shape index (κ2) is 8.55. The normalized spacial score (nSPS) is 18.3. The summed E-state index contributed by atoms with van der Waals surface area (Å²) in [5.41, 5.74) is 2.67. The van der Waals surface area contributed by atoms with Gasteiger partial charge in [0.15, 0.2) is 6.29 Å². The molecule has 8 heteroatoms. The number of carbonyl (C=O) groups is 1. The van der Waals surface area contributed by atoms with E-state index in [2.05, 4.69) is 16.4 Å². The van der Waals surface area contributed by atoms with Gasteiger partial charge in [-0.05, 0) is 72.5 Å². The number of benzene rings is 2. The van der Waals surface area contributed by atoms with Crippen LogP contribution >= 0.6 is 11.6 Å². The van der Waals surface area contributed by atoms with Crippen molar-refractivity contribution in [2.24, 2.45) is 0 Å². The Balaban J connectivity index is 2.05. The van der Waals surface area contributed by atoms with E-state index < -0.39 is 18.3 Å². The Kier molecular flexibility index (Phi) is 6.21. The number of nitrogens with zero attached hydrogens (tertiary/aromatic N) is 3. The molecule has 1 fully saturated rings. The van der Waals surface area contributed by atoms with Crippen LogP contribution in [0, 0.1) is 0 Å². The number of rotatable bonds is 6. The zero-order chi connectivity index (χ0) is 24.1. The lowest BCUT2D eigenvalue weighted by molar-refractivity contribution is 0.00578. The average Bonchev–Trinajstić information content (AvgIpc) is 3.20. The van der Waals surface area contributed by atoms with Crippen molar-refractivity contribution in [2.45, 2.75) is 58.3 Å². The number of imidazole rings is 1. The van der Waals surface area contributed by atoms with Crippen molar-refractivity contribution in [3.8, 4) is 5.69 Å². The van der Waals surface area contributed by atoms with Crippen molar-refractivity contribution in [1.82, 2.24) is 14.5 Å². The molecule has 1 saturated heterocycles. The van der Waals surface area contributed by atoms with Gasteiger partial charge in [0.05, 0.1) is 34.0 Å². The lowest BCUT2D eigenvalue weighted by Gasteiger charge is -2.32. The highest BCUT2D eigenvalue weighted by Crippen LogP contribution is 2.38. The van der Waals surface area contributed by atoms with Crippen molar-refractivity contribution in [3.63, 3.8) is 0 Å². The van der Waals surface area contributed by atoms with E-state index in [-0.39, 0.29) is 6.04 Å². The first kappa shape index (κ1) is 24.0. The molecule has 1 aliphatic heterocycles. The predicted octanol–water partition coefficient (Wildman–Crippen LogP) is 4.80. The van der Waals surface area contributed by atoms with Crippen molar-refractivity contribution in [2.75, 3.05) is 14.1 Å². The molecular formula is C25H31BClN3O3. The molecule has 2 aromatic carbocycles. The van der Waals surface area contributed by atoms with Crippen LogP contribution in [0.25, 0.3) is 16.7 Å². The first-order chi connectivity index (χ1) is 15.5. The van der Waals surface area contributed by atoms with E-state index in [1.165, 1.54) is 0 Å². The van der Waals surface area contributed by atoms with Crippen LogP contribution in [0.2, 0.25) is 5.02 Å². The van der Waals surface area contributed by atoms with Crippen LogP contribution in [0.5, 0.6) is 0 Å². The minimum Gasteiger partial charge on any atom is -0.399 e. The Bertz CT molecular complexity index is 1190. The SMILES string of the molecule is CCC(c1nc2ccc(Cl)cc2n1-c1c(C=O)cccc1B1OC(C)(C)C(C)(C)O1)N(C)C. The standard InChI is InChI=1S/C25H31BClN3O3/c1-8-20(29(6)7)23-28-19-13-12-17(27)14-21(19)30(23)22-16(15-31)10-9-11-18(22)26-32-24(2,3)25(4,5)33-26/h9-15,20H,8H2,1-7H3. The van der Waals surface area contributed by atoms with Gasteiger partial charge in [-0.15, -0.1) is 0 Å². The zero-order valence-electron chi connectivity index (χ0n) is 20.3. The fourth-order valence-corrected chi connectivity index (χ4v) is 4.56. The first-order valence-corrected chi connectivity index (χ1v) is 11.7. The molecule has 3 aromatic rings. The van der Waals surface area contributed by atoms with Crippen LogP contribution in [0.1, 0.15) is 63.3 Å². The van der Waals surface area contributed by atoms with E-state index >= 15 is 0 Å². The summed E-state index contributed by atoms with van der Waals surface area (Å²) >= 11 is 6.41. The third-order valence-corrected chi connectivity index (χ3v) is 7.14. The van der Waals surface area contributed by atoms with Crippen molar-refractivity contribution in [3.05, 3.63) is 52.8 Å². The van der Waals surface area contributed by atoms with Crippen LogP contribution in [-0.2, 0) is 9.31 Å². The van der Waals surface area contributed by atoms with Gasteiger partial charge in [0.2, 0.25) is 0 Å². The molecule has 2 heterocycles. The highest BCUT2D eigenvalue weighted by atomic mass is 35.5. The van der Waals surface area contributed by atoms with Crippen LogP contribution in [0.4, 0.5) is 0 Å². The molecule has 4 rings (SSSR count).